The Morgan fingerprint density at radius 1 is 1.08 bits per heavy atom. The number of benzene rings is 1. The van der Waals surface area contributed by atoms with Gasteiger partial charge in [0.15, 0.2) is 0 Å². The summed E-state index contributed by atoms with van der Waals surface area (Å²) in [5.74, 6) is 0.189. The Labute approximate surface area is 153 Å². The molecule has 132 valence electrons. The first kappa shape index (κ1) is 16.7. The van der Waals surface area contributed by atoms with Gasteiger partial charge < -0.3 is 9.80 Å². The van der Waals surface area contributed by atoms with E-state index in [1.807, 2.05) is 35.8 Å². The molecule has 4 nitrogen and oxygen atoms in total. The highest BCUT2D eigenvalue weighted by molar-refractivity contribution is 7.13. The van der Waals surface area contributed by atoms with Gasteiger partial charge in [0.05, 0.1) is 0 Å². The van der Waals surface area contributed by atoms with E-state index in [2.05, 4.69) is 14.8 Å². The highest BCUT2D eigenvalue weighted by atomic mass is 32.1. The molecule has 3 heterocycles. The second-order valence-electron chi connectivity index (χ2n) is 7.07. The number of carbonyl (C=O) groups excluding carboxylic acids is 1. The van der Waals surface area contributed by atoms with Crippen LogP contribution in [0.5, 0.6) is 0 Å². The standard InChI is InChI=1S/C20H25N3OS/c24-20(17-8-6-16(7-9-17)19-21-10-14-25-19)23-13-2-1-5-18(23)15-22-11-3-4-12-22/h6-10,14,18H,1-5,11-13,15H2. The summed E-state index contributed by atoms with van der Waals surface area (Å²) in [6.45, 7) is 4.33. The Kier molecular flexibility index (Phi) is 5.13. The fourth-order valence-electron chi connectivity index (χ4n) is 4.01. The second-order valence-corrected chi connectivity index (χ2v) is 7.97. The summed E-state index contributed by atoms with van der Waals surface area (Å²) < 4.78 is 0. The van der Waals surface area contributed by atoms with E-state index in [-0.39, 0.29) is 5.91 Å². The summed E-state index contributed by atoms with van der Waals surface area (Å²) in [4.78, 5) is 22.1. The van der Waals surface area contributed by atoms with Gasteiger partial charge in [0.25, 0.3) is 5.91 Å². The lowest BCUT2D eigenvalue weighted by Gasteiger charge is -2.38. The lowest BCUT2D eigenvalue weighted by atomic mass is 10.00. The first-order valence-electron chi connectivity index (χ1n) is 9.34. The molecule has 1 aromatic heterocycles. The van der Waals surface area contributed by atoms with Crippen LogP contribution in [0.4, 0.5) is 0 Å². The van der Waals surface area contributed by atoms with Crippen LogP contribution in [0.1, 0.15) is 42.5 Å². The van der Waals surface area contributed by atoms with E-state index in [9.17, 15) is 4.79 Å². The third-order valence-electron chi connectivity index (χ3n) is 5.37. The minimum atomic E-state index is 0.189. The van der Waals surface area contributed by atoms with E-state index in [4.69, 9.17) is 0 Å². The zero-order valence-corrected chi connectivity index (χ0v) is 15.4. The molecule has 2 aromatic rings. The Balaban J connectivity index is 1.47. The summed E-state index contributed by atoms with van der Waals surface area (Å²) in [6, 6.07) is 8.33. The zero-order valence-electron chi connectivity index (χ0n) is 14.6. The number of nitrogens with zero attached hydrogens (tertiary/aromatic N) is 3. The van der Waals surface area contributed by atoms with Gasteiger partial charge in [-0.25, -0.2) is 4.98 Å². The lowest BCUT2D eigenvalue weighted by molar-refractivity contribution is 0.0560. The molecular weight excluding hydrogens is 330 g/mol. The molecule has 0 radical (unpaired) electrons. The van der Waals surface area contributed by atoms with Crippen molar-refractivity contribution in [2.24, 2.45) is 0 Å². The predicted molar refractivity (Wildman–Crippen MR) is 102 cm³/mol. The van der Waals surface area contributed by atoms with Crippen LogP contribution in [-0.2, 0) is 0 Å². The fourth-order valence-corrected chi connectivity index (χ4v) is 4.65. The molecule has 1 atom stereocenters. The van der Waals surface area contributed by atoms with Crippen molar-refractivity contribution >= 4 is 17.2 Å². The van der Waals surface area contributed by atoms with E-state index in [0.717, 1.165) is 42.1 Å². The van der Waals surface area contributed by atoms with E-state index >= 15 is 0 Å². The van der Waals surface area contributed by atoms with Gasteiger partial charge in [-0.05, 0) is 57.3 Å². The van der Waals surface area contributed by atoms with Crippen LogP contribution >= 0.6 is 11.3 Å². The van der Waals surface area contributed by atoms with Gasteiger partial charge in [0.1, 0.15) is 5.01 Å². The van der Waals surface area contributed by atoms with Crippen molar-refractivity contribution < 1.29 is 4.79 Å². The normalized spacial score (nSPS) is 21.6. The van der Waals surface area contributed by atoms with Crippen molar-refractivity contribution in [3.63, 3.8) is 0 Å². The molecule has 5 heteroatoms. The van der Waals surface area contributed by atoms with Gasteiger partial charge in [-0.15, -0.1) is 11.3 Å². The van der Waals surface area contributed by atoms with Gasteiger partial charge >= 0.3 is 0 Å². The van der Waals surface area contributed by atoms with Crippen molar-refractivity contribution in [2.75, 3.05) is 26.2 Å². The number of rotatable bonds is 4. The predicted octanol–water partition coefficient (Wildman–Crippen LogP) is 3.90. The summed E-state index contributed by atoms with van der Waals surface area (Å²) in [7, 11) is 0. The maximum absolute atomic E-state index is 13.1. The molecule has 0 aliphatic carbocycles. The average molecular weight is 356 g/mol. The highest BCUT2D eigenvalue weighted by Gasteiger charge is 2.29. The van der Waals surface area contributed by atoms with Crippen LogP contribution in [-0.4, -0.2) is 52.9 Å². The molecule has 0 N–H and O–H groups in total. The van der Waals surface area contributed by atoms with Crippen LogP contribution in [0, 0.1) is 0 Å². The smallest absolute Gasteiger partial charge is 0.254 e. The molecule has 2 fully saturated rings. The first-order valence-corrected chi connectivity index (χ1v) is 10.2. The minimum Gasteiger partial charge on any atom is -0.334 e. The zero-order chi connectivity index (χ0) is 17.1. The monoisotopic (exact) mass is 355 g/mol. The molecule has 2 saturated heterocycles. The molecular formula is C20H25N3OS. The molecule has 1 aromatic carbocycles. The number of aromatic nitrogens is 1. The van der Waals surface area contributed by atoms with Crippen LogP contribution in [0.3, 0.4) is 0 Å². The largest absolute Gasteiger partial charge is 0.334 e. The number of carbonyl (C=O) groups is 1. The molecule has 1 unspecified atom stereocenters. The molecule has 0 spiro atoms. The van der Waals surface area contributed by atoms with E-state index < -0.39 is 0 Å². The minimum absolute atomic E-state index is 0.189. The topological polar surface area (TPSA) is 36.4 Å². The van der Waals surface area contributed by atoms with Crippen molar-refractivity contribution in [3.05, 3.63) is 41.4 Å². The fraction of sp³-hybridized carbons (Fsp3) is 0.500. The van der Waals surface area contributed by atoms with Crippen LogP contribution < -0.4 is 0 Å². The molecule has 4 rings (SSSR count). The van der Waals surface area contributed by atoms with Gasteiger partial charge in [-0.3, -0.25) is 4.79 Å². The van der Waals surface area contributed by atoms with E-state index in [1.165, 1.54) is 32.4 Å². The first-order chi connectivity index (χ1) is 12.3. The highest BCUT2D eigenvalue weighted by Crippen LogP contribution is 2.25. The Hall–Kier alpha value is -1.72. The number of hydrogen-bond donors (Lipinski definition) is 0. The van der Waals surface area contributed by atoms with Gasteiger partial charge in [-0.2, -0.15) is 0 Å². The molecule has 25 heavy (non-hydrogen) atoms. The number of thiazole rings is 1. The summed E-state index contributed by atoms with van der Waals surface area (Å²) in [5, 5.41) is 2.98. The molecule has 2 aliphatic heterocycles. The molecule has 1 amide bonds. The summed E-state index contributed by atoms with van der Waals surface area (Å²) in [6.07, 6.45) is 7.93. The molecule has 0 saturated carbocycles. The van der Waals surface area contributed by atoms with Crippen molar-refractivity contribution in [1.82, 2.24) is 14.8 Å². The van der Waals surface area contributed by atoms with Gasteiger partial charge in [0, 0.05) is 41.8 Å². The van der Waals surface area contributed by atoms with E-state index in [1.54, 1.807) is 11.3 Å². The summed E-state index contributed by atoms with van der Waals surface area (Å²) in [5.41, 5.74) is 1.88. The number of piperidine rings is 1. The number of amides is 1. The van der Waals surface area contributed by atoms with Crippen molar-refractivity contribution in [1.29, 1.82) is 0 Å². The third kappa shape index (κ3) is 3.77. The number of hydrogen-bond acceptors (Lipinski definition) is 4. The molecule has 2 aliphatic rings. The quantitative estimate of drug-likeness (QED) is 0.834. The maximum atomic E-state index is 13.1. The average Bonchev–Trinajstić information content (AvgIpc) is 3.36. The van der Waals surface area contributed by atoms with Crippen LogP contribution in [0.25, 0.3) is 10.6 Å². The number of likely N-dealkylation sites (tertiary alicyclic amines) is 2. The molecule has 0 bridgehead atoms. The van der Waals surface area contributed by atoms with E-state index in [0.29, 0.717) is 6.04 Å². The van der Waals surface area contributed by atoms with Crippen molar-refractivity contribution in [3.8, 4) is 10.6 Å². The Morgan fingerprint density at radius 2 is 1.84 bits per heavy atom. The van der Waals surface area contributed by atoms with Crippen molar-refractivity contribution in [2.45, 2.75) is 38.1 Å². The second kappa shape index (κ2) is 7.67. The SMILES string of the molecule is O=C(c1ccc(-c2nccs2)cc1)N1CCCCC1CN1CCCC1. The van der Waals surface area contributed by atoms with Crippen LogP contribution in [0.2, 0.25) is 0 Å². The van der Waals surface area contributed by atoms with Crippen LogP contribution in [0.15, 0.2) is 35.8 Å². The Bertz CT molecular complexity index is 692. The summed E-state index contributed by atoms with van der Waals surface area (Å²) >= 11 is 1.62. The van der Waals surface area contributed by atoms with Gasteiger partial charge in [0.2, 0.25) is 0 Å². The lowest BCUT2D eigenvalue weighted by Crippen LogP contribution is -2.49. The maximum Gasteiger partial charge on any atom is 0.254 e. The third-order valence-corrected chi connectivity index (χ3v) is 6.19. The Morgan fingerprint density at radius 3 is 2.56 bits per heavy atom. The van der Waals surface area contributed by atoms with Gasteiger partial charge in [-0.1, -0.05) is 12.1 Å².